The molecule has 0 bridgehead atoms. The average Bonchev–Trinajstić information content (AvgIpc) is 2.62. The van der Waals surface area contributed by atoms with Gasteiger partial charge in [-0.25, -0.2) is 9.78 Å². The van der Waals surface area contributed by atoms with Crippen LogP contribution < -0.4 is 4.74 Å². The molecule has 26 heavy (non-hydrogen) atoms. The van der Waals surface area contributed by atoms with Crippen LogP contribution in [0.4, 0.5) is 0 Å². The van der Waals surface area contributed by atoms with E-state index in [9.17, 15) is 4.79 Å². The van der Waals surface area contributed by atoms with Crippen LogP contribution in [0.15, 0.2) is 30.5 Å². The highest BCUT2D eigenvalue weighted by atomic mass is 16.7. The van der Waals surface area contributed by atoms with Gasteiger partial charge in [0.05, 0.1) is 26.9 Å². The zero-order valence-electron chi connectivity index (χ0n) is 15.5. The highest BCUT2D eigenvalue weighted by molar-refractivity contribution is 5.91. The van der Waals surface area contributed by atoms with Crippen LogP contribution in [0.1, 0.15) is 46.6 Å². The number of carbonyl (C=O) groups is 1. The van der Waals surface area contributed by atoms with Crippen molar-refractivity contribution in [2.75, 3.05) is 7.11 Å². The second-order valence-electron chi connectivity index (χ2n) is 6.70. The molecule has 1 aromatic heterocycles. The van der Waals surface area contributed by atoms with Crippen LogP contribution in [-0.2, 0) is 34.0 Å². The molecule has 2 aromatic rings. The normalized spacial score (nSPS) is 15.1. The third kappa shape index (κ3) is 4.03. The van der Waals surface area contributed by atoms with Crippen molar-refractivity contribution in [3.63, 3.8) is 0 Å². The fraction of sp³-hybridized carbons (Fsp3) is 0.400. The number of hydrogen-bond donors (Lipinski definition) is 0. The van der Waals surface area contributed by atoms with Gasteiger partial charge >= 0.3 is 5.97 Å². The van der Waals surface area contributed by atoms with Crippen LogP contribution >= 0.6 is 0 Å². The van der Waals surface area contributed by atoms with Crippen molar-refractivity contribution in [2.45, 2.75) is 46.4 Å². The van der Waals surface area contributed by atoms with E-state index in [2.05, 4.69) is 17.1 Å². The molecule has 0 spiro atoms. The molecule has 6 nitrogen and oxygen atoms in total. The topological polar surface area (TPSA) is 66.9 Å². The largest absolute Gasteiger partial charge is 0.464 e. The van der Waals surface area contributed by atoms with Crippen molar-refractivity contribution in [1.82, 2.24) is 4.98 Å². The van der Waals surface area contributed by atoms with Crippen molar-refractivity contribution in [1.29, 1.82) is 0 Å². The number of methoxy groups -OCH3 is 1. The van der Waals surface area contributed by atoms with Gasteiger partial charge in [-0.05, 0) is 12.5 Å². The quantitative estimate of drug-likeness (QED) is 0.763. The lowest BCUT2D eigenvalue weighted by molar-refractivity contribution is -0.181. The summed E-state index contributed by atoms with van der Waals surface area (Å²) in [7, 11) is 1.32. The van der Waals surface area contributed by atoms with Crippen molar-refractivity contribution >= 4 is 5.97 Å². The van der Waals surface area contributed by atoms with E-state index in [-0.39, 0.29) is 5.69 Å². The Morgan fingerprint density at radius 1 is 1.23 bits per heavy atom. The van der Waals surface area contributed by atoms with Crippen molar-refractivity contribution in [2.24, 2.45) is 0 Å². The number of pyridine rings is 1. The zero-order valence-corrected chi connectivity index (χ0v) is 15.5. The van der Waals surface area contributed by atoms with E-state index in [1.807, 2.05) is 19.1 Å². The fourth-order valence-corrected chi connectivity index (χ4v) is 2.69. The summed E-state index contributed by atoms with van der Waals surface area (Å²) in [4.78, 5) is 16.2. The van der Waals surface area contributed by atoms with Crippen LogP contribution in [-0.4, -0.2) is 23.9 Å². The molecule has 0 saturated heterocycles. The molecule has 1 aromatic carbocycles. The molecule has 0 saturated carbocycles. The standard InChI is InChI=1S/C20H23NO5/c1-13-5-7-14(8-6-13)10-24-11-15-9-21-17(19(22)23-4)18-16(15)12-25-20(2,3)26-18/h5-9H,10-12H2,1-4H3. The predicted octanol–water partition coefficient (Wildman–Crippen LogP) is 3.54. The lowest BCUT2D eigenvalue weighted by atomic mass is 10.1. The summed E-state index contributed by atoms with van der Waals surface area (Å²) in [5.74, 6) is -0.964. The average molecular weight is 357 g/mol. The van der Waals surface area contributed by atoms with E-state index in [0.717, 1.165) is 16.7 Å². The lowest BCUT2D eigenvalue weighted by Gasteiger charge is -2.34. The van der Waals surface area contributed by atoms with Gasteiger partial charge in [-0.1, -0.05) is 29.8 Å². The molecular weight excluding hydrogens is 334 g/mol. The Bertz CT molecular complexity index is 799. The first-order valence-electron chi connectivity index (χ1n) is 8.45. The number of carbonyl (C=O) groups excluding carboxylic acids is 1. The van der Waals surface area contributed by atoms with Gasteiger partial charge in [0.1, 0.15) is 0 Å². The van der Waals surface area contributed by atoms with E-state index in [1.54, 1.807) is 20.0 Å². The molecule has 1 aliphatic heterocycles. The highest BCUT2D eigenvalue weighted by Crippen LogP contribution is 2.36. The molecule has 0 fully saturated rings. The van der Waals surface area contributed by atoms with E-state index in [4.69, 9.17) is 18.9 Å². The Morgan fingerprint density at radius 3 is 2.65 bits per heavy atom. The summed E-state index contributed by atoms with van der Waals surface area (Å²) in [6, 6.07) is 8.18. The third-order valence-electron chi connectivity index (χ3n) is 4.16. The number of hydrogen-bond acceptors (Lipinski definition) is 6. The fourth-order valence-electron chi connectivity index (χ4n) is 2.69. The Morgan fingerprint density at radius 2 is 1.96 bits per heavy atom. The van der Waals surface area contributed by atoms with Crippen molar-refractivity contribution in [3.8, 4) is 5.75 Å². The molecule has 0 radical (unpaired) electrons. The first-order valence-corrected chi connectivity index (χ1v) is 8.45. The minimum atomic E-state index is -0.834. The van der Waals surface area contributed by atoms with Crippen LogP contribution in [0.3, 0.4) is 0 Å². The first kappa shape index (κ1) is 18.4. The molecule has 2 heterocycles. The Balaban J connectivity index is 1.79. The number of benzene rings is 1. The van der Waals surface area contributed by atoms with Gasteiger partial charge in [-0.15, -0.1) is 0 Å². The lowest BCUT2D eigenvalue weighted by Crippen LogP contribution is -2.37. The van der Waals surface area contributed by atoms with Crippen LogP contribution in [0, 0.1) is 6.92 Å². The van der Waals surface area contributed by atoms with Crippen molar-refractivity contribution < 1.29 is 23.7 Å². The number of ether oxygens (including phenoxy) is 4. The zero-order chi connectivity index (χ0) is 18.7. The predicted molar refractivity (Wildman–Crippen MR) is 94.7 cm³/mol. The number of esters is 1. The van der Waals surface area contributed by atoms with E-state index >= 15 is 0 Å². The summed E-state index contributed by atoms with van der Waals surface area (Å²) < 4.78 is 22.2. The maximum atomic E-state index is 12.0. The van der Waals surface area contributed by atoms with Gasteiger partial charge in [0.2, 0.25) is 5.79 Å². The maximum absolute atomic E-state index is 12.0. The third-order valence-corrected chi connectivity index (χ3v) is 4.16. The van der Waals surface area contributed by atoms with Gasteiger partial charge in [-0.2, -0.15) is 0 Å². The van der Waals surface area contributed by atoms with Crippen LogP contribution in [0.2, 0.25) is 0 Å². The van der Waals surface area contributed by atoms with Gasteiger partial charge < -0.3 is 18.9 Å². The number of rotatable bonds is 5. The van der Waals surface area contributed by atoms with Crippen LogP contribution in [0.5, 0.6) is 5.75 Å². The Labute approximate surface area is 153 Å². The first-order chi connectivity index (χ1) is 12.4. The molecular formula is C20H23NO5. The van der Waals surface area contributed by atoms with Gasteiger partial charge in [0, 0.05) is 31.2 Å². The minimum absolute atomic E-state index is 0.154. The number of aryl methyl sites for hydroxylation is 1. The summed E-state index contributed by atoms with van der Waals surface area (Å²) >= 11 is 0. The smallest absolute Gasteiger partial charge is 0.360 e. The molecule has 0 unspecified atom stereocenters. The monoisotopic (exact) mass is 357 g/mol. The Kier molecular flexibility index (Phi) is 5.25. The molecule has 3 rings (SSSR count). The summed E-state index contributed by atoms with van der Waals surface area (Å²) in [6.45, 7) is 6.78. The maximum Gasteiger partial charge on any atom is 0.360 e. The second-order valence-corrected chi connectivity index (χ2v) is 6.70. The molecule has 1 aliphatic rings. The van der Waals surface area contributed by atoms with E-state index < -0.39 is 11.8 Å². The number of nitrogens with zero attached hydrogens (tertiary/aromatic N) is 1. The number of fused-ring (bicyclic) bond motifs is 1. The van der Waals surface area contributed by atoms with Crippen molar-refractivity contribution in [3.05, 3.63) is 58.4 Å². The van der Waals surface area contributed by atoms with E-state index in [1.165, 1.54) is 12.7 Å². The molecule has 0 aliphatic carbocycles. The summed E-state index contributed by atoms with van der Waals surface area (Å²) in [5, 5.41) is 0. The highest BCUT2D eigenvalue weighted by Gasteiger charge is 2.33. The number of aromatic nitrogens is 1. The SMILES string of the molecule is COC(=O)c1ncc(COCc2ccc(C)cc2)c2c1OC(C)(C)OC2. The molecule has 0 atom stereocenters. The molecule has 0 amide bonds. The van der Waals surface area contributed by atoms with Gasteiger partial charge in [0.25, 0.3) is 0 Å². The molecule has 138 valence electrons. The molecule has 6 heteroatoms. The summed E-state index contributed by atoms with van der Waals surface area (Å²) in [5.41, 5.74) is 4.06. The minimum Gasteiger partial charge on any atom is -0.464 e. The van der Waals surface area contributed by atoms with E-state index in [0.29, 0.717) is 25.6 Å². The van der Waals surface area contributed by atoms with Gasteiger partial charge in [0.15, 0.2) is 11.4 Å². The molecule has 0 N–H and O–H groups in total. The van der Waals surface area contributed by atoms with Gasteiger partial charge in [-0.3, -0.25) is 0 Å². The second kappa shape index (κ2) is 7.43. The Hall–Kier alpha value is -2.44. The summed E-state index contributed by atoms with van der Waals surface area (Å²) in [6.07, 6.45) is 1.62. The van der Waals surface area contributed by atoms with Crippen LogP contribution in [0.25, 0.3) is 0 Å².